The molecule has 1 aromatic rings. The van der Waals surface area contributed by atoms with Crippen molar-refractivity contribution in [3.05, 3.63) is 29.8 Å². The van der Waals surface area contributed by atoms with Crippen LogP contribution in [0.5, 0.6) is 0 Å². The summed E-state index contributed by atoms with van der Waals surface area (Å²) in [5, 5.41) is 1.61. The molecule has 1 aromatic carbocycles. The molecule has 0 atom stereocenters. The third kappa shape index (κ3) is 3.02. The standard InChI is InChI=1S/C10H7F4NO2/c11-8(12)10(13,14)9(17)15-7-3-1-2-6(4-7)5-16/h1-5,8H,(H,15,17). The fourth-order valence-electron chi connectivity index (χ4n) is 1.00. The van der Waals surface area contributed by atoms with Crippen LogP contribution < -0.4 is 5.32 Å². The minimum absolute atomic E-state index is 0.128. The lowest BCUT2D eigenvalue weighted by atomic mass is 10.2. The van der Waals surface area contributed by atoms with Crippen LogP contribution in [0.15, 0.2) is 24.3 Å². The van der Waals surface area contributed by atoms with Gasteiger partial charge in [-0.1, -0.05) is 12.1 Å². The van der Waals surface area contributed by atoms with Crippen molar-refractivity contribution in [1.29, 1.82) is 0 Å². The summed E-state index contributed by atoms with van der Waals surface area (Å²) in [4.78, 5) is 21.2. The molecule has 0 bridgehead atoms. The monoisotopic (exact) mass is 249 g/mol. The van der Waals surface area contributed by atoms with E-state index in [0.29, 0.717) is 6.29 Å². The molecule has 0 aliphatic rings. The highest BCUT2D eigenvalue weighted by Crippen LogP contribution is 2.24. The molecule has 1 amide bonds. The minimum atomic E-state index is -4.77. The van der Waals surface area contributed by atoms with E-state index in [9.17, 15) is 27.2 Å². The Morgan fingerprint density at radius 2 is 2.00 bits per heavy atom. The van der Waals surface area contributed by atoms with Crippen LogP contribution in [-0.4, -0.2) is 24.5 Å². The van der Waals surface area contributed by atoms with Crippen molar-refractivity contribution in [3.8, 4) is 0 Å². The van der Waals surface area contributed by atoms with Crippen LogP contribution in [0.3, 0.4) is 0 Å². The molecule has 0 aliphatic carbocycles. The minimum Gasteiger partial charge on any atom is -0.321 e. The van der Waals surface area contributed by atoms with E-state index < -0.39 is 18.3 Å². The quantitative estimate of drug-likeness (QED) is 0.657. The molecular weight excluding hydrogens is 242 g/mol. The Balaban J connectivity index is 2.84. The summed E-state index contributed by atoms with van der Waals surface area (Å²) in [6, 6.07) is 4.98. The molecular formula is C10H7F4NO2. The number of anilines is 1. The van der Waals surface area contributed by atoms with Gasteiger partial charge in [0.05, 0.1) is 0 Å². The second-order valence-electron chi connectivity index (χ2n) is 3.12. The van der Waals surface area contributed by atoms with Gasteiger partial charge in [-0.25, -0.2) is 8.78 Å². The number of hydrogen-bond donors (Lipinski definition) is 1. The summed E-state index contributed by atoms with van der Waals surface area (Å²) in [5.41, 5.74) is -0.0249. The van der Waals surface area contributed by atoms with E-state index >= 15 is 0 Å². The first-order valence-electron chi connectivity index (χ1n) is 4.40. The van der Waals surface area contributed by atoms with Crippen LogP contribution >= 0.6 is 0 Å². The molecule has 1 rings (SSSR count). The van der Waals surface area contributed by atoms with Crippen LogP contribution in [0.1, 0.15) is 10.4 Å². The zero-order chi connectivity index (χ0) is 13.1. The van der Waals surface area contributed by atoms with Crippen LogP contribution in [0, 0.1) is 0 Å². The van der Waals surface area contributed by atoms with Crippen molar-refractivity contribution in [2.24, 2.45) is 0 Å². The molecule has 1 N–H and O–H groups in total. The third-order valence-corrected chi connectivity index (χ3v) is 1.86. The highest BCUT2D eigenvalue weighted by Gasteiger charge is 2.48. The Morgan fingerprint density at radius 3 is 2.53 bits per heavy atom. The molecule has 0 aromatic heterocycles. The van der Waals surface area contributed by atoms with Crippen molar-refractivity contribution in [2.75, 3.05) is 5.32 Å². The van der Waals surface area contributed by atoms with Gasteiger partial charge in [0, 0.05) is 11.3 Å². The normalized spacial score (nSPS) is 11.4. The highest BCUT2D eigenvalue weighted by molar-refractivity contribution is 5.97. The summed E-state index contributed by atoms with van der Waals surface area (Å²) >= 11 is 0. The van der Waals surface area contributed by atoms with Gasteiger partial charge in [-0.3, -0.25) is 9.59 Å². The Labute approximate surface area is 93.4 Å². The fourth-order valence-corrected chi connectivity index (χ4v) is 1.00. The van der Waals surface area contributed by atoms with Gasteiger partial charge >= 0.3 is 18.3 Å². The topological polar surface area (TPSA) is 46.2 Å². The van der Waals surface area contributed by atoms with Crippen molar-refractivity contribution >= 4 is 17.9 Å². The maximum Gasteiger partial charge on any atom is 0.383 e. The first-order chi connectivity index (χ1) is 7.87. The van der Waals surface area contributed by atoms with Crippen LogP contribution in [-0.2, 0) is 4.79 Å². The molecule has 0 unspecified atom stereocenters. The van der Waals surface area contributed by atoms with Gasteiger partial charge in [0.15, 0.2) is 0 Å². The number of benzene rings is 1. The molecule has 0 saturated heterocycles. The van der Waals surface area contributed by atoms with Gasteiger partial charge in [-0.2, -0.15) is 8.78 Å². The number of carbonyl (C=O) groups excluding carboxylic acids is 2. The lowest BCUT2D eigenvalue weighted by Crippen LogP contribution is -2.40. The van der Waals surface area contributed by atoms with Crippen molar-refractivity contribution in [2.45, 2.75) is 12.3 Å². The van der Waals surface area contributed by atoms with E-state index in [1.165, 1.54) is 18.2 Å². The predicted octanol–water partition coefficient (Wildman–Crippen LogP) is 2.34. The molecule has 0 aliphatic heterocycles. The highest BCUT2D eigenvalue weighted by atomic mass is 19.3. The summed E-state index contributed by atoms with van der Waals surface area (Å²) in [5.74, 6) is -6.88. The average molecular weight is 249 g/mol. The van der Waals surface area contributed by atoms with Gasteiger partial charge in [-0.05, 0) is 12.1 Å². The van der Waals surface area contributed by atoms with E-state index in [1.807, 2.05) is 0 Å². The van der Waals surface area contributed by atoms with E-state index in [0.717, 1.165) is 6.07 Å². The van der Waals surface area contributed by atoms with Crippen LogP contribution in [0.25, 0.3) is 0 Å². The van der Waals surface area contributed by atoms with E-state index in [4.69, 9.17) is 0 Å². The lowest BCUT2D eigenvalue weighted by molar-refractivity contribution is -0.163. The number of rotatable bonds is 4. The van der Waals surface area contributed by atoms with E-state index in [2.05, 4.69) is 0 Å². The number of aldehydes is 1. The summed E-state index contributed by atoms with van der Waals surface area (Å²) in [6.45, 7) is 0. The maximum absolute atomic E-state index is 12.6. The number of amides is 1. The van der Waals surface area contributed by atoms with Gasteiger partial charge in [-0.15, -0.1) is 0 Å². The Kier molecular flexibility index (Phi) is 3.82. The molecule has 0 radical (unpaired) electrons. The average Bonchev–Trinajstić information content (AvgIpc) is 2.29. The molecule has 0 heterocycles. The second kappa shape index (κ2) is 4.94. The Morgan fingerprint density at radius 1 is 1.35 bits per heavy atom. The number of hydrogen-bond acceptors (Lipinski definition) is 2. The van der Waals surface area contributed by atoms with Gasteiger partial charge in [0.1, 0.15) is 6.29 Å². The number of halogens is 4. The largest absolute Gasteiger partial charge is 0.383 e. The molecule has 0 spiro atoms. The summed E-state index contributed by atoms with van der Waals surface area (Å²) in [6.07, 6.45) is -3.65. The smallest absolute Gasteiger partial charge is 0.321 e. The van der Waals surface area contributed by atoms with Crippen LogP contribution in [0.2, 0.25) is 0 Å². The Bertz CT molecular complexity index is 434. The zero-order valence-corrected chi connectivity index (χ0v) is 8.29. The predicted molar refractivity (Wildman–Crippen MR) is 51.4 cm³/mol. The second-order valence-corrected chi connectivity index (χ2v) is 3.12. The summed E-state index contributed by atoms with van der Waals surface area (Å²) < 4.78 is 48.8. The number of alkyl halides is 4. The van der Waals surface area contributed by atoms with Gasteiger partial charge in [0.2, 0.25) is 0 Å². The van der Waals surface area contributed by atoms with Crippen molar-refractivity contribution < 1.29 is 27.2 Å². The molecule has 7 heteroatoms. The Hall–Kier alpha value is -1.92. The van der Waals surface area contributed by atoms with Crippen LogP contribution in [0.4, 0.5) is 23.2 Å². The molecule has 0 saturated carbocycles. The molecule has 92 valence electrons. The maximum atomic E-state index is 12.6. The molecule has 3 nitrogen and oxygen atoms in total. The van der Waals surface area contributed by atoms with E-state index in [-0.39, 0.29) is 11.3 Å². The third-order valence-electron chi connectivity index (χ3n) is 1.86. The number of nitrogens with one attached hydrogen (secondary N) is 1. The fraction of sp³-hybridized carbons (Fsp3) is 0.200. The van der Waals surface area contributed by atoms with Crippen molar-refractivity contribution in [3.63, 3.8) is 0 Å². The van der Waals surface area contributed by atoms with Gasteiger partial charge in [0.25, 0.3) is 0 Å². The lowest BCUT2D eigenvalue weighted by Gasteiger charge is -2.14. The first-order valence-corrected chi connectivity index (χ1v) is 4.40. The van der Waals surface area contributed by atoms with Crippen molar-refractivity contribution in [1.82, 2.24) is 0 Å². The molecule has 17 heavy (non-hydrogen) atoms. The summed E-state index contributed by atoms with van der Waals surface area (Å²) in [7, 11) is 0. The van der Waals surface area contributed by atoms with E-state index in [1.54, 1.807) is 5.32 Å². The van der Waals surface area contributed by atoms with Gasteiger partial charge < -0.3 is 5.32 Å². The number of carbonyl (C=O) groups is 2. The zero-order valence-electron chi connectivity index (χ0n) is 8.29. The molecule has 0 fully saturated rings. The SMILES string of the molecule is O=Cc1cccc(NC(=O)C(F)(F)C(F)F)c1. The first kappa shape index (κ1) is 13.1.